The molecule has 0 saturated heterocycles. The first-order valence-corrected chi connectivity index (χ1v) is 9.42. The maximum Gasteiger partial charge on any atom is 0.251 e. The Kier molecular flexibility index (Phi) is 7.92. The predicted octanol–water partition coefficient (Wildman–Crippen LogP) is 2.58. The molecule has 0 bridgehead atoms. The minimum atomic E-state index is -0.538. The van der Waals surface area contributed by atoms with Crippen LogP contribution >= 0.6 is 0 Å². The molecule has 0 radical (unpaired) electrons. The van der Waals surface area contributed by atoms with Gasteiger partial charge in [-0.1, -0.05) is 37.5 Å². The Labute approximate surface area is 151 Å². The van der Waals surface area contributed by atoms with Gasteiger partial charge in [-0.3, -0.25) is 9.59 Å². The third kappa shape index (κ3) is 6.50. The number of nitrogens with one attached hydrogen (secondary N) is 2. The van der Waals surface area contributed by atoms with Crippen molar-refractivity contribution in [1.29, 1.82) is 0 Å². The van der Waals surface area contributed by atoms with E-state index in [2.05, 4.69) is 22.6 Å². The third-order valence-corrected chi connectivity index (χ3v) is 4.96. The molecular weight excluding hydrogens is 314 g/mol. The van der Waals surface area contributed by atoms with Gasteiger partial charge in [0.15, 0.2) is 0 Å². The first-order valence-electron chi connectivity index (χ1n) is 9.42. The summed E-state index contributed by atoms with van der Waals surface area (Å²) in [5.74, 6) is -0.357. The lowest BCUT2D eigenvalue weighted by Crippen LogP contribution is -2.45. The smallest absolute Gasteiger partial charge is 0.251 e. The molecule has 1 aliphatic rings. The Morgan fingerprint density at radius 3 is 2.52 bits per heavy atom. The largest absolute Gasteiger partial charge is 0.354 e. The maximum absolute atomic E-state index is 12.1. The molecule has 2 rings (SSSR count). The van der Waals surface area contributed by atoms with Gasteiger partial charge in [-0.05, 0) is 51.9 Å². The van der Waals surface area contributed by atoms with Crippen molar-refractivity contribution in [2.75, 3.05) is 20.1 Å². The molecule has 0 aliphatic heterocycles. The van der Waals surface area contributed by atoms with E-state index in [4.69, 9.17) is 0 Å². The zero-order valence-electron chi connectivity index (χ0n) is 15.5. The zero-order valence-corrected chi connectivity index (χ0v) is 15.5. The van der Waals surface area contributed by atoms with Crippen molar-refractivity contribution >= 4 is 11.8 Å². The van der Waals surface area contributed by atoms with Crippen molar-refractivity contribution in [1.82, 2.24) is 15.5 Å². The monoisotopic (exact) mass is 345 g/mol. The summed E-state index contributed by atoms with van der Waals surface area (Å²) in [4.78, 5) is 26.6. The van der Waals surface area contributed by atoms with Gasteiger partial charge in [-0.25, -0.2) is 0 Å². The van der Waals surface area contributed by atoms with Gasteiger partial charge in [0.2, 0.25) is 5.91 Å². The highest BCUT2D eigenvalue weighted by atomic mass is 16.2. The van der Waals surface area contributed by atoms with Crippen molar-refractivity contribution in [2.24, 2.45) is 0 Å². The van der Waals surface area contributed by atoms with Crippen molar-refractivity contribution in [3.05, 3.63) is 35.9 Å². The van der Waals surface area contributed by atoms with Crippen molar-refractivity contribution in [3.63, 3.8) is 0 Å². The lowest BCUT2D eigenvalue weighted by molar-refractivity contribution is -0.122. The van der Waals surface area contributed by atoms with Crippen LogP contribution in [0.15, 0.2) is 30.3 Å². The topological polar surface area (TPSA) is 61.4 Å². The lowest BCUT2D eigenvalue weighted by atomic mass is 9.94. The minimum Gasteiger partial charge on any atom is -0.354 e. The number of carbonyl (C=O) groups excluding carboxylic acids is 2. The van der Waals surface area contributed by atoms with E-state index in [9.17, 15) is 9.59 Å². The molecule has 0 heterocycles. The van der Waals surface area contributed by atoms with Gasteiger partial charge in [0.1, 0.15) is 6.04 Å². The number of amides is 2. The molecular formula is C20H31N3O2. The first kappa shape index (κ1) is 19.4. The van der Waals surface area contributed by atoms with Crippen LogP contribution in [-0.2, 0) is 4.79 Å². The number of rotatable bonds is 8. The second-order valence-electron chi connectivity index (χ2n) is 6.98. The summed E-state index contributed by atoms with van der Waals surface area (Å²) in [6.45, 7) is 3.35. The van der Waals surface area contributed by atoms with E-state index >= 15 is 0 Å². The summed E-state index contributed by atoms with van der Waals surface area (Å²) in [6, 6.07) is 9.11. The summed E-state index contributed by atoms with van der Waals surface area (Å²) in [7, 11) is 2.18. The Balaban J connectivity index is 1.63. The Hall–Kier alpha value is -1.88. The second kappa shape index (κ2) is 10.2. The molecule has 1 aliphatic carbocycles. The van der Waals surface area contributed by atoms with E-state index < -0.39 is 6.04 Å². The van der Waals surface area contributed by atoms with Gasteiger partial charge < -0.3 is 15.5 Å². The van der Waals surface area contributed by atoms with Crippen LogP contribution in [0.25, 0.3) is 0 Å². The van der Waals surface area contributed by atoms with Crippen LogP contribution in [0.1, 0.15) is 55.8 Å². The van der Waals surface area contributed by atoms with Crippen LogP contribution in [0.4, 0.5) is 0 Å². The fourth-order valence-corrected chi connectivity index (χ4v) is 3.33. The fraction of sp³-hybridized carbons (Fsp3) is 0.600. The quantitative estimate of drug-likeness (QED) is 0.712. The van der Waals surface area contributed by atoms with Crippen LogP contribution in [-0.4, -0.2) is 48.9 Å². The molecule has 1 atom stereocenters. The van der Waals surface area contributed by atoms with E-state index in [0.717, 1.165) is 13.0 Å². The van der Waals surface area contributed by atoms with Crippen LogP contribution in [0, 0.1) is 0 Å². The Bertz CT molecular complexity index is 541. The molecule has 1 saturated carbocycles. The summed E-state index contributed by atoms with van der Waals surface area (Å²) in [5.41, 5.74) is 0.566. The Morgan fingerprint density at radius 2 is 1.84 bits per heavy atom. The van der Waals surface area contributed by atoms with E-state index in [1.807, 2.05) is 18.2 Å². The summed E-state index contributed by atoms with van der Waals surface area (Å²) in [6.07, 6.45) is 7.57. The first-order chi connectivity index (χ1) is 12.1. The summed E-state index contributed by atoms with van der Waals surface area (Å²) in [5, 5.41) is 5.65. The predicted molar refractivity (Wildman–Crippen MR) is 100 cm³/mol. The fourth-order valence-electron chi connectivity index (χ4n) is 3.33. The van der Waals surface area contributed by atoms with Crippen LogP contribution in [0.3, 0.4) is 0 Å². The van der Waals surface area contributed by atoms with Crippen LogP contribution < -0.4 is 10.6 Å². The van der Waals surface area contributed by atoms with Gasteiger partial charge in [-0.15, -0.1) is 0 Å². The maximum atomic E-state index is 12.1. The molecule has 5 nitrogen and oxygen atoms in total. The van der Waals surface area contributed by atoms with Gasteiger partial charge in [0.05, 0.1) is 0 Å². The zero-order chi connectivity index (χ0) is 18.1. The van der Waals surface area contributed by atoms with Gasteiger partial charge in [0.25, 0.3) is 5.91 Å². The molecule has 0 spiro atoms. The number of carbonyl (C=O) groups is 2. The highest BCUT2D eigenvalue weighted by Crippen LogP contribution is 2.21. The summed E-state index contributed by atoms with van der Waals surface area (Å²) >= 11 is 0. The van der Waals surface area contributed by atoms with Crippen molar-refractivity contribution < 1.29 is 9.59 Å². The van der Waals surface area contributed by atoms with E-state index in [-0.39, 0.29) is 11.8 Å². The van der Waals surface area contributed by atoms with Crippen LogP contribution in [0.2, 0.25) is 0 Å². The molecule has 1 aromatic carbocycles. The number of benzene rings is 1. The second-order valence-corrected chi connectivity index (χ2v) is 6.98. The highest BCUT2D eigenvalue weighted by Gasteiger charge is 2.18. The average molecular weight is 345 g/mol. The number of hydrogen-bond donors (Lipinski definition) is 2. The molecule has 1 aromatic rings. The molecule has 25 heavy (non-hydrogen) atoms. The van der Waals surface area contributed by atoms with E-state index in [1.165, 1.54) is 32.1 Å². The minimum absolute atomic E-state index is 0.135. The third-order valence-electron chi connectivity index (χ3n) is 4.96. The molecule has 5 heteroatoms. The molecule has 2 N–H and O–H groups in total. The van der Waals surface area contributed by atoms with E-state index in [1.54, 1.807) is 19.1 Å². The molecule has 2 amide bonds. The highest BCUT2D eigenvalue weighted by molar-refractivity contribution is 5.97. The molecule has 138 valence electrons. The lowest BCUT2D eigenvalue weighted by Gasteiger charge is -2.31. The van der Waals surface area contributed by atoms with Gasteiger partial charge in [0, 0.05) is 18.2 Å². The van der Waals surface area contributed by atoms with Gasteiger partial charge >= 0.3 is 0 Å². The van der Waals surface area contributed by atoms with Crippen molar-refractivity contribution in [2.45, 2.75) is 57.5 Å². The van der Waals surface area contributed by atoms with E-state index in [0.29, 0.717) is 18.2 Å². The average Bonchev–Trinajstić information content (AvgIpc) is 2.66. The normalized spacial score (nSPS) is 16.4. The number of hydrogen-bond acceptors (Lipinski definition) is 3. The summed E-state index contributed by atoms with van der Waals surface area (Å²) < 4.78 is 0. The molecule has 1 fully saturated rings. The van der Waals surface area contributed by atoms with Crippen molar-refractivity contribution in [3.8, 4) is 0 Å². The SMILES string of the molecule is CC(NC(=O)c1ccccc1)C(=O)NCCCN(C)C1CCCCC1. The Morgan fingerprint density at radius 1 is 1.16 bits per heavy atom. The molecule has 1 unspecified atom stereocenters. The van der Waals surface area contributed by atoms with Crippen LogP contribution in [0.5, 0.6) is 0 Å². The van der Waals surface area contributed by atoms with Gasteiger partial charge in [-0.2, -0.15) is 0 Å². The number of nitrogens with zero attached hydrogens (tertiary/aromatic N) is 1. The standard InChI is InChI=1S/C20H31N3O2/c1-16(22-20(25)17-10-5-3-6-11-17)19(24)21-14-9-15-23(2)18-12-7-4-8-13-18/h3,5-6,10-11,16,18H,4,7-9,12-15H2,1-2H3,(H,21,24)(H,22,25). The molecule has 0 aromatic heterocycles.